The van der Waals surface area contributed by atoms with E-state index in [0.29, 0.717) is 57.6 Å². The van der Waals surface area contributed by atoms with E-state index in [0.717, 1.165) is 0 Å². The Balaban J connectivity index is 2.43. The average Bonchev–Trinajstić information content (AvgIpc) is 3.08. The lowest BCUT2D eigenvalue weighted by molar-refractivity contribution is -0.160. The molecule has 300 valence electrons. The Hall–Kier alpha value is -4.20. The number of piperazine rings is 1. The largest absolute Gasteiger partial charge is 0.464 e. The number of likely N-dealkylation sites (N-methyl/N-ethyl adjacent to an activating group) is 1. The van der Waals surface area contributed by atoms with Gasteiger partial charge in [-0.3, -0.25) is 49.3 Å². The van der Waals surface area contributed by atoms with E-state index >= 15 is 0 Å². The number of rotatable bonds is 24. The third-order valence-corrected chi connectivity index (χ3v) is 8.36. The summed E-state index contributed by atoms with van der Waals surface area (Å²) >= 11 is 0. The Bertz CT molecular complexity index is 1330. The van der Waals surface area contributed by atoms with Gasteiger partial charge in [0.05, 0.1) is 6.61 Å². The normalized spacial score (nSPS) is 17.2. The minimum Gasteiger partial charge on any atom is -0.464 e. The number of hydrogen-bond acceptors (Lipinski definition) is 13. The second-order valence-electron chi connectivity index (χ2n) is 13.2. The van der Waals surface area contributed by atoms with Gasteiger partial charge in [0.1, 0.15) is 18.1 Å². The van der Waals surface area contributed by atoms with E-state index in [9.17, 15) is 44.4 Å². The molecular weight excluding hydrogens is 696 g/mol. The summed E-state index contributed by atoms with van der Waals surface area (Å²) in [4.78, 5) is 76.0. The molecule has 0 saturated carbocycles. The number of hydrogen-bond donors (Lipinski definition) is 7. The van der Waals surface area contributed by atoms with Gasteiger partial charge in [0.15, 0.2) is 0 Å². The second kappa shape index (κ2) is 24.9. The average molecular weight is 755 g/mol. The van der Waals surface area contributed by atoms with Gasteiger partial charge in [0.25, 0.3) is 17.7 Å². The van der Waals surface area contributed by atoms with Gasteiger partial charge in [-0.2, -0.15) is 0 Å². The Kier molecular flexibility index (Phi) is 22.0. The molecule has 18 heteroatoms. The maximum Gasteiger partial charge on any atom is 0.323 e. The van der Waals surface area contributed by atoms with Gasteiger partial charge < -0.3 is 25.6 Å². The highest BCUT2D eigenvalue weighted by Crippen LogP contribution is 2.12. The lowest BCUT2D eigenvalue weighted by Crippen LogP contribution is -2.61. The predicted octanol–water partition coefficient (Wildman–Crippen LogP) is 0.431. The number of aliphatic hydroxyl groups excluding tert-OH is 2. The summed E-state index contributed by atoms with van der Waals surface area (Å²) in [7, 11) is 3.39. The molecule has 18 nitrogen and oxygen atoms in total. The van der Waals surface area contributed by atoms with Crippen LogP contribution in [0, 0.1) is 0 Å². The van der Waals surface area contributed by atoms with Crippen LogP contribution in [0.2, 0.25) is 0 Å². The van der Waals surface area contributed by atoms with Crippen LogP contribution in [-0.4, -0.2) is 153 Å². The van der Waals surface area contributed by atoms with Crippen molar-refractivity contribution in [2.24, 2.45) is 0 Å². The number of amides is 5. The van der Waals surface area contributed by atoms with Gasteiger partial charge in [-0.15, -0.1) is 0 Å². The number of nitrogens with zero attached hydrogens (tertiary/aromatic N) is 4. The Labute approximate surface area is 310 Å². The fourth-order valence-electron chi connectivity index (χ4n) is 5.16. The molecule has 1 heterocycles. The summed E-state index contributed by atoms with van der Waals surface area (Å²) in [5, 5.41) is 54.8. The topological polar surface area (TPSA) is 250 Å². The van der Waals surface area contributed by atoms with Crippen molar-refractivity contribution in [2.45, 2.75) is 96.7 Å². The number of carbonyl (C=O) groups is 6. The van der Waals surface area contributed by atoms with E-state index in [1.807, 2.05) is 0 Å². The van der Waals surface area contributed by atoms with Gasteiger partial charge in [0, 0.05) is 57.5 Å². The minimum absolute atomic E-state index is 0.00714. The number of carbonyl (C=O) groups excluding carboxylic acids is 6. The van der Waals surface area contributed by atoms with Crippen LogP contribution in [0.1, 0.15) is 78.6 Å². The first-order valence-electron chi connectivity index (χ1n) is 17.7. The lowest BCUT2D eigenvalue weighted by atomic mass is 10.0. The number of esters is 1. The molecule has 53 heavy (non-hydrogen) atoms. The molecule has 0 aliphatic carbocycles. The van der Waals surface area contributed by atoms with Crippen molar-refractivity contribution < 1.29 is 59.3 Å². The number of ether oxygens (including phenoxy) is 1. The maximum absolute atomic E-state index is 12.7. The van der Waals surface area contributed by atoms with E-state index in [1.165, 1.54) is 18.2 Å². The lowest BCUT2D eigenvalue weighted by Gasteiger charge is -2.30. The molecule has 5 amide bonds. The smallest absolute Gasteiger partial charge is 0.323 e. The molecule has 1 fully saturated rings. The van der Waals surface area contributed by atoms with Crippen molar-refractivity contribution in [3.8, 4) is 0 Å². The maximum atomic E-state index is 12.7. The molecule has 0 radical (unpaired) electrons. The van der Waals surface area contributed by atoms with Crippen molar-refractivity contribution in [2.75, 3.05) is 53.6 Å². The van der Waals surface area contributed by atoms with Crippen LogP contribution in [-0.2, 0) is 33.5 Å². The highest BCUT2D eigenvalue weighted by molar-refractivity contribution is 5.97. The van der Waals surface area contributed by atoms with Crippen LogP contribution in [0.15, 0.2) is 34.9 Å². The van der Waals surface area contributed by atoms with Gasteiger partial charge in [-0.25, -0.2) is 15.2 Å². The zero-order chi connectivity index (χ0) is 40.1. The molecule has 0 aromatic heterocycles. The minimum atomic E-state index is -0.871. The van der Waals surface area contributed by atoms with Crippen molar-refractivity contribution in [3.05, 3.63) is 34.9 Å². The summed E-state index contributed by atoms with van der Waals surface area (Å²) in [6.45, 7) is 4.50. The van der Waals surface area contributed by atoms with Crippen LogP contribution in [0.5, 0.6) is 0 Å². The summed E-state index contributed by atoms with van der Waals surface area (Å²) < 4.78 is 5.39. The first kappa shape index (κ1) is 46.8. The zero-order valence-electron chi connectivity index (χ0n) is 31.5. The van der Waals surface area contributed by atoms with Gasteiger partial charge in [0.2, 0.25) is 11.8 Å². The van der Waals surface area contributed by atoms with E-state index < -0.39 is 53.6 Å². The molecule has 7 N–H and O–H groups in total. The summed E-state index contributed by atoms with van der Waals surface area (Å²) in [5.74, 6) is -3.36. The van der Waals surface area contributed by atoms with Crippen molar-refractivity contribution in [3.63, 3.8) is 0 Å². The second-order valence-corrected chi connectivity index (χ2v) is 13.2. The molecule has 3 atom stereocenters. The van der Waals surface area contributed by atoms with Gasteiger partial charge >= 0.3 is 5.97 Å². The molecule has 1 aliphatic rings. The molecular formula is C35H58N6O12. The van der Waals surface area contributed by atoms with E-state index in [1.54, 1.807) is 39.8 Å². The zero-order valence-corrected chi connectivity index (χ0v) is 31.5. The molecule has 0 aromatic rings. The van der Waals surface area contributed by atoms with Gasteiger partial charge in [-0.05, 0) is 86.2 Å². The Morgan fingerprint density at radius 1 is 0.679 bits per heavy atom. The van der Waals surface area contributed by atoms with Crippen molar-refractivity contribution in [1.29, 1.82) is 0 Å². The number of aliphatic hydroxyl groups is 2. The highest BCUT2D eigenvalue weighted by atomic mass is 16.5. The highest BCUT2D eigenvalue weighted by Gasteiger charge is 2.33. The van der Waals surface area contributed by atoms with Crippen molar-refractivity contribution in [1.82, 2.24) is 30.7 Å². The third kappa shape index (κ3) is 18.4. The first-order chi connectivity index (χ1) is 25.0. The Morgan fingerprint density at radius 3 is 1.43 bits per heavy atom. The molecule has 1 rings (SSSR count). The van der Waals surface area contributed by atoms with Crippen molar-refractivity contribution >= 4 is 35.5 Å². The quantitative estimate of drug-likeness (QED) is 0.0306. The van der Waals surface area contributed by atoms with E-state index in [4.69, 9.17) is 14.9 Å². The monoisotopic (exact) mass is 754 g/mol. The molecule has 1 aliphatic heterocycles. The molecule has 1 saturated heterocycles. The van der Waals surface area contributed by atoms with Crippen LogP contribution in [0.4, 0.5) is 0 Å². The van der Waals surface area contributed by atoms with Crippen LogP contribution in [0.3, 0.4) is 0 Å². The van der Waals surface area contributed by atoms with E-state index in [-0.39, 0.29) is 71.6 Å². The fourth-order valence-corrected chi connectivity index (χ4v) is 5.16. The van der Waals surface area contributed by atoms with Gasteiger partial charge in [-0.1, -0.05) is 16.7 Å². The number of nitrogens with one attached hydrogen (secondary N) is 2. The third-order valence-electron chi connectivity index (χ3n) is 8.36. The molecule has 0 aromatic carbocycles. The standard InChI is InChI=1S/C35H58N6O12/c1-24(12-18-42)21-30(44)39(50)15-6-9-27-33(47)37-28(34(48)36-27)10-7-16-40(51)32(46)23-26(3)14-20-53-35(49)29(38(4)5)11-8-17-41(52)31(45)22-25(2)13-19-43/h21-23,27-29,42-43,50-52H,6-20H2,1-5H3,(H,36,48)(H,37,47)/b24-21+,25-22+,26-23+. The van der Waals surface area contributed by atoms with E-state index in [2.05, 4.69) is 10.6 Å². The SMILES string of the molecule is C/C(=C\C(=O)N(O)CCCC1NC(=O)C(CCCN(O)C(=O)/C=C(\C)CCOC(=O)C(CCCN(O)C(=O)/C=C(\C)CCO)N(C)C)NC1=O)CCO. The predicted molar refractivity (Wildman–Crippen MR) is 190 cm³/mol. The molecule has 0 spiro atoms. The summed E-state index contributed by atoms with van der Waals surface area (Å²) in [6, 6.07) is -2.36. The van der Waals surface area contributed by atoms with Crippen LogP contribution < -0.4 is 10.6 Å². The summed E-state index contributed by atoms with van der Waals surface area (Å²) in [6.07, 6.45) is 5.83. The number of hydroxylamine groups is 6. The summed E-state index contributed by atoms with van der Waals surface area (Å²) in [5.41, 5.74) is 1.76. The fraction of sp³-hybridized carbons (Fsp3) is 0.657. The molecule has 0 bridgehead atoms. The first-order valence-corrected chi connectivity index (χ1v) is 17.7. The Morgan fingerprint density at radius 2 is 1.06 bits per heavy atom. The van der Waals surface area contributed by atoms with Crippen LogP contribution >= 0.6 is 0 Å². The molecule has 3 unspecified atom stereocenters. The van der Waals surface area contributed by atoms with Crippen LogP contribution in [0.25, 0.3) is 0 Å².